The van der Waals surface area contributed by atoms with E-state index >= 15 is 0 Å². The van der Waals surface area contributed by atoms with Crippen molar-refractivity contribution < 1.29 is 0 Å². The maximum atomic E-state index is 8.67. The average molecular weight is 281 g/mol. The Kier molecular flexibility index (Phi) is 4.49. The number of hydrogen-bond donors (Lipinski definition) is 1. The molecular weight excluding hydrogens is 272 g/mol. The topological polar surface area (TPSA) is 88.6 Å². The zero-order chi connectivity index (χ0) is 12.0. The van der Waals surface area contributed by atoms with E-state index in [1.807, 2.05) is 12.1 Å². The maximum Gasteiger partial charge on any atom is 0.224 e. The molecule has 0 spiro atoms. The van der Waals surface area contributed by atoms with E-state index in [1.54, 1.807) is 18.1 Å². The monoisotopic (exact) mass is 280 g/mol. The third kappa shape index (κ3) is 2.81. The lowest BCUT2D eigenvalue weighted by Crippen LogP contribution is -2.25. The van der Waals surface area contributed by atoms with E-state index < -0.39 is 0 Å². The Morgan fingerprint density at radius 3 is 2.56 bits per heavy atom. The standard InChI is InChI=1S/C9H9BrN6/c1-13-9-14-6-7(10)8(15-9)16(4-2-11)5-3-12/h6H,4-5H2,1H3,(H,13,14,15). The Labute approximate surface area is 102 Å². The van der Waals surface area contributed by atoms with Crippen LogP contribution in [0.15, 0.2) is 10.7 Å². The van der Waals surface area contributed by atoms with Gasteiger partial charge in [0.1, 0.15) is 18.9 Å². The summed E-state index contributed by atoms with van der Waals surface area (Å²) in [5, 5.41) is 20.1. The van der Waals surface area contributed by atoms with Gasteiger partial charge in [0.25, 0.3) is 0 Å². The van der Waals surface area contributed by atoms with Gasteiger partial charge in [0.2, 0.25) is 5.95 Å². The van der Waals surface area contributed by atoms with Crippen LogP contribution in [-0.4, -0.2) is 30.1 Å². The third-order valence-corrected chi connectivity index (χ3v) is 2.33. The molecule has 0 aliphatic carbocycles. The van der Waals surface area contributed by atoms with E-state index in [1.165, 1.54) is 0 Å². The average Bonchev–Trinajstić information content (AvgIpc) is 2.29. The molecule has 1 aromatic heterocycles. The predicted molar refractivity (Wildman–Crippen MR) is 62.7 cm³/mol. The number of rotatable bonds is 4. The second-order valence-electron chi connectivity index (χ2n) is 2.79. The van der Waals surface area contributed by atoms with Gasteiger partial charge in [-0.3, -0.25) is 0 Å². The molecule has 0 aliphatic rings. The predicted octanol–water partition coefficient (Wildman–Crippen LogP) is 1.13. The lowest BCUT2D eigenvalue weighted by Gasteiger charge is -2.18. The largest absolute Gasteiger partial charge is 0.357 e. The van der Waals surface area contributed by atoms with Crippen molar-refractivity contribution >= 4 is 27.7 Å². The Morgan fingerprint density at radius 2 is 2.06 bits per heavy atom. The molecule has 0 atom stereocenters. The molecule has 1 heterocycles. The van der Waals surface area contributed by atoms with Crippen LogP contribution in [0.3, 0.4) is 0 Å². The lowest BCUT2D eigenvalue weighted by molar-refractivity contribution is 0.921. The van der Waals surface area contributed by atoms with E-state index in [2.05, 4.69) is 31.2 Å². The van der Waals surface area contributed by atoms with Crippen molar-refractivity contribution in [2.75, 3.05) is 30.4 Å². The van der Waals surface area contributed by atoms with E-state index in [4.69, 9.17) is 10.5 Å². The minimum absolute atomic E-state index is 0.103. The summed E-state index contributed by atoms with van der Waals surface area (Å²) in [6, 6.07) is 3.98. The molecule has 16 heavy (non-hydrogen) atoms. The zero-order valence-corrected chi connectivity index (χ0v) is 10.2. The molecule has 0 saturated heterocycles. The molecule has 0 aliphatic heterocycles. The molecule has 82 valence electrons. The fourth-order valence-electron chi connectivity index (χ4n) is 1.08. The number of anilines is 2. The van der Waals surface area contributed by atoms with Crippen LogP contribution in [-0.2, 0) is 0 Å². The van der Waals surface area contributed by atoms with Crippen molar-refractivity contribution in [3.63, 3.8) is 0 Å². The van der Waals surface area contributed by atoms with E-state index in [9.17, 15) is 0 Å². The van der Waals surface area contributed by atoms with Crippen LogP contribution in [0.2, 0.25) is 0 Å². The molecule has 0 aromatic carbocycles. The van der Waals surface area contributed by atoms with Crippen LogP contribution in [0.25, 0.3) is 0 Å². The normalized spacial score (nSPS) is 9.00. The number of nitrogens with zero attached hydrogens (tertiary/aromatic N) is 5. The first-order chi connectivity index (χ1) is 7.72. The van der Waals surface area contributed by atoms with Gasteiger partial charge in [-0.2, -0.15) is 15.5 Å². The van der Waals surface area contributed by atoms with E-state index in [-0.39, 0.29) is 13.1 Å². The molecule has 0 bridgehead atoms. The van der Waals surface area contributed by atoms with Crippen molar-refractivity contribution in [3.05, 3.63) is 10.7 Å². The summed E-state index contributed by atoms with van der Waals surface area (Å²) in [5.74, 6) is 0.974. The van der Waals surface area contributed by atoms with Gasteiger partial charge < -0.3 is 10.2 Å². The van der Waals surface area contributed by atoms with Crippen molar-refractivity contribution in [2.45, 2.75) is 0 Å². The summed E-state index contributed by atoms with van der Waals surface area (Å²) in [7, 11) is 1.70. The molecule has 1 aromatic rings. The summed E-state index contributed by atoms with van der Waals surface area (Å²) in [5.41, 5.74) is 0. The molecule has 0 saturated carbocycles. The van der Waals surface area contributed by atoms with Crippen LogP contribution >= 0.6 is 15.9 Å². The fourth-order valence-corrected chi connectivity index (χ4v) is 1.52. The van der Waals surface area contributed by atoms with Gasteiger partial charge in [-0.05, 0) is 15.9 Å². The molecule has 0 amide bonds. The van der Waals surface area contributed by atoms with Crippen molar-refractivity contribution in [1.29, 1.82) is 10.5 Å². The van der Waals surface area contributed by atoms with Gasteiger partial charge in [-0.1, -0.05) is 0 Å². The molecule has 0 unspecified atom stereocenters. The lowest BCUT2D eigenvalue weighted by atomic mass is 10.4. The van der Waals surface area contributed by atoms with Crippen LogP contribution in [0.5, 0.6) is 0 Å². The van der Waals surface area contributed by atoms with Crippen LogP contribution in [0.1, 0.15) is 0 Å². The summed E-state index contributed by atoms with van der Waals surface area (Å²) in [4.78, 5) is 9.74. The molecule has 6 nitrogen and oxygen atoms in total. The minimum atomic E-state index is 0.103. The molecule has 1 rings (SSSR count). The summed E-state index contributed by atoms with van der Waals surface area (Å²) >= 11 is 3.29. The van der Waals surface area contributed by atoms with Gasteiger partial charge in [0.15, 0.2) is 0 Å². The SMILES string of the molecule is CNc1ncc(Br)c(N(CC#N)CC#N)n1. The first-order valence-electron chi connectivity index (χ1n) is 4.42. The number of hydrogen-bond acceptors (Lipinski definition) is 6. The molecule has 0 radical (unpaired) electrons. The Hall–Kier alpha value is -1.86. The van der Waals surface area contributed by atoms with Crippen LogP contribution in [0.4, 0.5) is 11.8 Å². The van der Waals surface area contributed by atoms with Crippen molar-refractivity contribution in [1.82, 2.24) is 9.97 Å². The molecule has 7 heteroatoms. The minimum Gasteiger partial charge on any atom is -0.357 e. The van der Waals surface area contributed by atoms with Crippen LogP contribution < -0.4 is 10.2 Å². The van der Waals surface area contributed by atoms with Crippen LogP contribution in [0, 0.1) is 22.7 Å². The Morgan fingerprint density at radius 1 is 1.44 bits per heavy atom. The van der Waals surface area contributed by atoms with Gasteiger partial charge in [0, 0.05) is 13.2 Å². The smallest absolute Gasteiger partial charge is 0.224 e. The highest BCUT2D eigenvalue weighted by molar-refractivity contribution is 9.10. The Bertz CT molecular complexity index is 430. The number of aromatic nitrogens is 2. The number of nitrogens with one attached hydrogen (secondary N) is 1. The van der Waals surface area contributed by atoms with Crippen molar-refractivity contribution in [2.24, 2.45) is 0 Å². The number of nitriles is 2. The van der Waals surface area contributed by atoms with Gasteiger partial charge >= 0.3 is 0 Å². The number of halogens is 1. The second-order valence-corrected chi connectivity index (χ2v) is 3.64. The maximum absolute atomic E-state index is 8.67. The van der Waals surface area contributed by atoms with E-state index in [0.29, 0.717) is 16.2 Å². The van der Waals surface area contributed by atoms with E-state index in [0.717, 1.165) is 0 Å². The van der Waals surface area contributed by atoms with Gasteiger partial charge in [-0.15, -0.1) is 0 Å². The molecule has 0 fully saturated rings. The highest BCUT2D eigenvalue weighted by Gasteiger charge is 2.12. The highest BCUT2D eigenvalue weighted by Crippen LogP contribution is 2.23. The highest BCUT2D eigenvalue weighted by atomic mass is 79.9. The summed E-state index contributed by atoms with van der Waals surface area (Å²) in [6.07, 6.45) is 1.58. The zero-order valence-electron chi connectivity index (χ0n) is 8.61. The second kappa shape index (κ2) is 5.89. The quantitative estimate of drug-likeness (QED) is 0.832. The molecule has 1 N–H and O–H groups in total. The van der Waals surface area contributed by atoms with Gasteiger partial charge in [-0.25, -0.2) is 4.98 Å². The summed E-state index contributed by atoms with van der Waals surface area (Å²) < 4.78 is 0.650. The first-order valence-corrected chi connectivity index (χ1v) is 5.21. The fraction of sp³-hybridized carbons (Fsp3) is 0.333. The third-order valence-electron chi connectivity index (χ3n) is 1.77. The van der Waals surface area contributed by atoms with Crippen molar-refractivity contribution in [3.8, 4) is 12.1 Å². The molecular formula is C9H9BrN6. The van der Waals surface area contributed by atoms with Gasteiger partial charge in [0.05, 0.1) is 16.6 Å². The summed E-state index contributed by atoms with van der Waals surface area (Å²) in [6.45, 7) is 0.207. The Balaban J connectivity index is 3.08. The first kappa shape index (κ1) is 12.2.